The van der Waals surface area contributed by atoms with Crippen LogP contribution < -0.4 is 5.73 Å². The van der Waals surface area contributed by atoms with Crippen LogP contribution in [-0.4, -0.2) is 21.8 Å². The predicted octanol–water partition coefficient (Wildman–Crippen LogP) is 1.91. The third-order valence-corrected chi connectivity index (χ3v) is 4.70. The minimum Gasteiger partial charge on any atom is -0.327 e. The molecule has 0 saturated heterocycles. The van der Waals surface area contributed by atoms with E-state index >= 15 is 0 Å². The van der Waals surface area contributed by atoms with Gasteiger partial charge in [0.05, 0.1) is 0 Å². The quantitative estimate of drug-likeness (QED) is 0.764. The minimum atomic E-state index is -0.701. The molecule has 84 valence electrons. The lowest BCUT2D eigenvalue weighted by Crippen LogP contribution is -2.35. The van der Waals surface area contributed by atoms with Crippen LogP contribution in [0.4, 0.5) is 0 Å². The van der Waals surface area contributed by atoms with Crippen LogP contribution in [0, 0.1) is 11.8 Å². The second kappa shape index (κ2) is 5.86. The normalized spacial score (nSPS) is 22.9. The van der Waals surface area contributed by atoms with E-state index in [1.54, 1.807) is 0 Å². The summed E-state index contributed by atoms with van der Waals surface area (Å²) in [6.07, 6.45) is 5.13. The monoisotopic (exact) mass is 217 g/mol. The highest BCUT2D eigenvalue weighted by Crippen LogP contribution is 2.27. The zero-order valence-electron chi connectivity index (χ0n) is 9.37. The lowest BCUT2D eigenvalue weighted by atomic mass is 10.0. The van der Waals surface area contributed by atoms with E-state index in [9.17, 15) is 4.21 Å². The van der Waals surface area contributed by atoms with Gasteiger partial charge in [-0.2, -0.15) is 0 Å². The van der Waals surface area contributed by atoms with Crippen molar-refractivity contribution in [2.75, 3.05) is 11.5 Å². The summed E-state index contributed by atoms with van der Waals surface area (Å²) in [5.74, 6) is 2.68. The minimum absolute atomic E-state index is 0.178. The molecule has 14 heavy (non-hydrogen) atoms. The molecule has 1 rings (SSSR count). The molecule has 0 bridgehead atoms. The molecule has 2 atom stereocenters. The largest absolute Gasteiger partial charge is 0.327 e. The molecule has 1 saturated carbocycles. The zero-order valence-corrected chi connectivity index (χ0v) is 10.2. The lowest BCUT2D eigenvalue weighted by molar-refractivity contribution is 0.460. The predicted molar refractivity (Wildman–Crippen MR) is 62.6 cm³/mol. The van der Waals surface area contributed by atoms with Crippen molar-refractivity contribution >= 4 is 10.8 Å². The van der Waals surface area contributed by atoms with Gasteiger partial charge in [0.2, 0.25) is 0 Å². The Labute approximate surface area is 90.1 Å². The van der Waals surface area contributed by atoms with E-state index in [4.69, 9.17) is 5.73 Å². The average molecular weight is 217 g/mol. The van der Waals surface area contributed by atoms with Gasteiger partial charge < -0.3 is 5.73 Å². The van der Waals surface area contributed by atoms with Gasteiger partial charge in [-0.1, -0.05) is 26.7 Å². The van der Waals surface area contributed by atoms with Crippen molar-refractivity contribution in [3.8, 4) is 0 Å². The van der Waals surface area contributed by atoms with E-state index in [2.05, 4.69) is 13.8 Å². The zero-order chi connectivity index (χ0) is 10.6. The van der Waals surface area contributed by atoms with Gasteiger partial charge in [0.1, 0.15) is 0 Å². The number of hydrogen-bond acceptors (Lipinski definition) is 2. The SMILES string of the molecule is CC(C)CS(=O)CC(N)C1CCCC1. The van der Waals surface area contributed by atoms with Crippen LogP contribution in [0.1, 0.15) is 39.5 Å². The van der Waals surface area contributed by atoms with Gasteiger partial charge in [0.25, 0.3) is 0 Å². The Balaban J connectivity index is 2.24. The molecule has 1 aliphatic rings. The van der Waals surface area contributed by atoms with Gasteiger partial charge in [-0.25, -0.2) is 0 Å². The number of nitrogens with two attached hydrogens (primary N) is 1. The maximum atomic E-state index is 11.7. The van der Waals surface area contributed by atoms with Crippen molar-refractivity contribution < 1.29 is 4.21 Å². The molecule has 0 aromatic heterocycles. The van der Waals surface area contributed by atoms with Crippen molar-refractivity contribution in [2.24, 2.45) is 17.6 Å². The van der Waals surface area contributed by atoms with Crippen molar-refractivity contribution in [1.29, 1.82) is 0 Å². The summed E-state index contributed by atoms with van der Waals surface area (Å²) in [4.78, 5) is 0. The third kappa shape index (κ3) is 4.09. The molecule has 0 radical (unpaired) electrons. The first kappa shape index (κ1) is 12.2. The fourth-order valence-electron chi connectivity index (χ4n) is 2.18. The van der Waals surface area contributed by atoms with Crippen molar-refractivity contribution in [3.63, 3.8) is 0 Å². The van der Waals surface area contributed by atoms with Crippen LogP contribution in [0.25, 0.3) is 0 Å². The maximum absolute atomic E-state index is 11.7. The van der Waals surface area contributed by atoms with Gasteiger partial charge in [0.15, 0.2) is 0 Å². The molecule has 0 aliphatic heterocycles. The summed E-state index contributed by atoms with van der Waals surface area (Å²) in [7, 11) is -0.701. The Morgan fingerprint density at radius 2 is 1.86 bits per heavy atom. The summed E-state index contributed by atoms with van der Waals surface area (Å²) < 4.78 is 11.7. The molecule has 3 heteroatoms. The summed E-state index contributed by atoms with van der Waals surface area (Å²) in [6, 6.07) is 0.178. The molecule has 2 nitrogen and oxygen atoms in total. The fraction of sp³-hybridized carbons (Fsp3) is 1.00. The Morgan fingerprint density at radius 3 is 2.36 bits per heavy atom. The van der Waals surface area contributed by atoms with E-state index in [-0.39, 0.29) is 6.04 Å². The van der Waals surface area contributed by atoms with Crippen LogP contribution >= 0.6 is 0 Å². The van der Waals surface area contributed by atoms with Gasteiger partial charge in [-0.15, -0.1) is 0 Å². The lowest BCUT2D eigenvalue weighted by Gasteiger charge is -2.18. The molecule has 2 N–H and O–H groups in total. The molecular formula is C11H23NOS. The van der Waals surface area contributed by atoms with Gasteiger partial charge >= 0.3 is 0 Å². The summed E-state index contributed by atoms with van der Waals surface area (Å²) in [5, 5.41) is 0. The van der Waals surface area contributed by atoms with Crippen LogP contribution in [-0.2, 0) is 10.8 Å². The first-order chi connectivity index (χ1) is 6.59. The standard InChI is InChI=1S/C11H23NOS/c1-9(2)7-14(13)8-11(12)10-5-3-4-6-10/h9-11H,3-8,12H2,1-2H3. The highest BCUT2D eigenvalue weighted by Gasteiger charge is 2.23. The Kier molecular flexibility index (Phi) is 5.10. The highest BCUT2D eigenvalue weighted by atomic mass is 32.2. The van der Waals surface area contributed by atoms with Crippen LogP contribution in [0.15, 0.2) is 0 Å². The van der Waals surface area contributed by atoms with Crippen LogP contribution in [0.5, 0.6) is 0 Å². The molecule has 1 fully saturated rings. The maximum Gasteiger partial charge on any atom is 0.0389 e. The van der Waals surface area contributed by atoms with E-state index in [1.165, 1.54) is 25.7 Å². The molecule has 0 aromatic carbocycles. The van der Waals surface area contributed by atoms with Crippen molar-refractivity contribution in [2.45, 2.75) is 45.6 Å². The van der Waals surface area contributed by atoms with Gasteiger partial charge in [-0.3, -0.25) is 4.21 Å². The summed E-state index contributed by atoms with van der Waals surface area (Å²) in [5.41, 5.74) is 6.06. The average Bonchev–Trinajstić information content (AvgIpc) is 2.53. The van der Waals surface area contributed by atoms with Crippen LogP contribution in [0.2, 0.25) is 0 Å². The first-order valence-corrected chi connectivity index (χ1v) is 7.19. The Hall–Kier alpha value is 0.110. The van der Waals surface area contributed by atoms with Crippen LogP contribution in [0.3, 0.4) is 0 Å². The Morgan fingerprint density at radius 1 is 1.29 bits per heavy atom. The molecule has 0 amide bonds. The highest BCUT2D eigenvalue weighted by molar-refractivity contribution is 7.85. The first-order valence-electron chi connectivity index (χ1n) is 5.70. The van der Waals surface area contributed by atoms with Crippen molar-refractivity contribution in [1.82, 2.24) is 0 Å². The molecule has 0 aromatic rings. The molecule has 2 unspecified atom stereocenters. The summed E-state index contributed by atoms with van der Waals surface area (Å²) in [6.45, 7) is 4.22. The summed E-state index contributed by atoms with van der Waals surface area (Å²) >= 11 is 0. The van der Waals surface area contributed by atoms with E-state index in [0.29, 0.717) is 17.6 Å². The van der Waals surface area contributed by atoms with Crippen molar-refractivity contribution in [3.05, 3.63) is 0 Å². The van der Waals surface area contributed by atoms with E-state index < -0.39 is 10.8 Å². The topological polar surface area (TPSA) is 43.1 Å². The number of rotatable bonds is 5. The van der Waals surface area contributed by atoms with Gasteiger partial charge in [-0.05, 0) is 24.7 Å². The van der Waals surface area contributed by atoms with Gasteiger partial charge in [0, 0.05) is 28.3 Å². The number of hydrogen-bond donors (Lipinski definition) is 1. The van der Waals surface area contributed by atoms with E-state index in [0.717, 1.165) is 5.75 Å². The second-order valence-corrected chi connectivity index (χ2v) is 6.42. The molecule has 0 spiro atoms. The molecule has 0 heterocycles. The molecule has 1 aliphatic carbocycles. The smallest absolute Gasteiger partial charge is 0.0389 e. The fourth-order valence-corrected chi connectivity index (χ4v) is 3.76. The Bertz CT molecular complexity index is 188. The molecular weight excluding hydrogens is 194 g/mol. The second-order valence-electron chi connectivity index (χ2n) is 4.88. The third-order valence-electron chi connectivity index (χ3n) is 2.90. The van der Waals surface area contributed by atoms with E-state index in [1.807, 2.05) is 0 Å².